The van der Waals surface area contributed by atoms with Crippen LogP contribution in [0.2, 0.25) is 0 Å². The van der Waals surface area contributed by atoms with Crippen LogP contribution in [0.15, 0.2) is 41.5 Å². The van der Waals surface area contributed by atoms with Crippen LogP contribution in [0.3, 0.4) is 0 Å². The minimum atomic E-state index is -1.40. The number of benzene rings is 1. The molecular formula is C17H18BrNO4. The van der Waals surface area contributed by atoms with Gasteiger partial charge in [-0.25, -0.2) is 4.79 Å². The molecule has 6 heteroatoms. The second-order valence-corrected chi connectivity index (χ2v) is 6.10. The summed E-state index contributed by atoms with van der Waals surface area (Å²) in [5.41, 5.74) is 7.26. The summed E-state index contributed by atoms with van der Waals surface area (Å²) in [6.45, 7) is 1.96. The van der Waals surface area contributed by atoms with Gasteiger partial charge in [0.15, 0.2) is 0 Å². The van der Waals surface area contributed by atoms with E-state index >= 15 is 0 Å². The fraction of sp³-hybridized carbons (Fsp3) is 0.294. The largest absolute Gasteiger partial charge is 0.480 e. The van der Waals surface area contributed by atoms with E-state index in [2.05, 4.69) is 15.9 Å². The molecule has 0 fully saturated rings. The van der Waals surface area contributed by atoms with E-state index in [0.717, 1.165) is 11.1 Å². The molecular weight excluding hydrogens is 362 g/mol. The normalized spacial score (nSPS) is 20.7. The van der Waals surface area contributed by atoms with Crippen LogP contribution in [0.25, 0.3) is 0 Å². The van der Waals surface area contributed by atoms with Crippen LogP contribution in [0.4, 0.5) is 0 Å². The average Bonchev–Trinajstić information content (AvgIpc) is 2.54. The monoisotopic (exact) mass is 379 g/mol. The fourth-order valence-electron chi connectivity index (χ4n) is 2.94. The second kappa shape index (κ2) is 6.68. The highest BCUT2D eigenvalue weighted by Gasteiger charge is 2.43. The van der Waals surface area contributed by atoms with E-state index in [-0.39, 0.29) is 18.5 Å². The van der Waals surface area contributed by atoms with Gasteiger partial charge in [0.2, 0.25) is 0 Å². The number of carboxylic acid groups (broad SMARTS) is 2. The number of hydrogen-bond acceptors (Lipinski definition) is 3. The molecule has 5 nitrogen and oxygen atoms in total. The molecule has 23 heavy (non-hydrogen) atoms. The number of carbonyl (C=O) groups is 2. The van der Waals surface area contributed by atoms with Gasteiger partial charge >= 0.3 is 11.9 Å². The first-order valence-corrected chi connectivity index (χ1v) is 8.22. The SMILES string of the molecule is CC1=C(C(=O)O)CC(C(=O)O)(c2cccc(CN)c2CBr)C=C1. The third-order valence-electron chi connectivity index (χ3n) is 4.30. The zero-order chi connectivity index (χ0) is 17.2. The number of alkyl halides is 1. The molecule has 4 N–H and O–H groups in total. The number of carboxylic acids is 2. The molecule has 0 saturated carbocycles. The molecule has 0 aromatic heterocycles. The predicted octanol–water partition coefficient (Wildman–Crippen LogP) is 2.72. The summed E-state index contributed by atoms with van der Waals surface area (Å²) >= 11 is 3.39. The highest BCUT2D eigenvalue weighted by molar-refractivity contribution is 9.08. The molecule has 0 bridgehead atoms. The number of aliphatic carboxylic acids is 2. The lowest BCUT2D eigenvalue weighted by Gasteiger charge is -2.32. The number of hydrogen-bond donors (Lipinski definition) is 3. The van der Waals surface area contributed by atoms with Crippen molar-refractivity contribution < 1.29 is 19.8 Å². The van der Waals surface area contributed by atoms with Crippen LogP contribution in [-0.2, 0) is 26.9 Å². The van der Waals surface area contributed by atoms with Crippen molar-refractivity contribution in [2.75, 3.05) is 0 Å². The van der Waals surface area contributed by atoms with Crippen LogP contribution in [-0.4, -0.2) is 22.2 Å². The van der Waals surface area contributed by atoms with Gasteiger partial charge in [0.1, 0.15) is 5.41 Å². The van der Waals surface area contributed by atoms with Crippen molar-refractivity contribution in [1.82, 2.24) is 0 Å². The van der Waals surface area contributed by atoms with E-state index < -0.39 is 17.4 Å². The molecule has 1 unspecified atom stereocenters. The lowest BCUT2D eigenvalue weighted by atomic mass is 9.70. The maximum absolute atomic E-state index is 12.1. The molecule has 1 aromatic rings. The highest BCUT2D eigenvalue weighted by Crippen LogP contribution is 2.41. The molecule has 0 heterocycles. The molecule has 1 atom stereocenters. The minimum Gasteiger partial charge on any atom is -0.480 e. The molecule has 0 radical (unpaired) electrons. The standard InChI is InChI=1S/C17H18BrNO4/c1-10-5-6-17(16(22)23,7-12(10)15(20)21)14-4-2-3-11(9-19)13(14)8-18/h2-6H,7-9,19H2,1H3,(H,20,21)(H,22,23). The van der Waals surface area contributed by atoms with E-state index in [1.54, 1.807) is 31.2 Å². The van der Waals surface area contributed by atoms with Crippen LogP contribution in [0.5, 0.6) is 0 Å². The maximum atomic E-state index is 12.1. The summed E-state index contributed by atoms with van der Waals surface area (Å²) in [7, 11) is 0. The van der Waals surface area contributed by atoms with E-state index in [1.807, 2.05) is 6.07 Å². The Morgan fingerprint density at radius 2 is 2.04 bits per heavy atom. The van der Waals surface area contributed by atoms with Crippen LogP contribution in [0.1, 0.15) is 30.0 Å². The summed E-state index contributed by atoms with van der Waals surface area (Å²) in [5.74, 6) is -2.16. The zero-order valence-corrected chi connectivity index (χ0v) is 14.3. The van der Waals surface area contributed by atoms with Crippen molar-refractivity contribution in [3.8, 4) is 0 Å². The van der Waals surface area contributed by atoms with E-state index in [0.29, 0.717) is 16.5 Å². The van der Waals surface area contributed by atoms with Gasteiger partial charge in [0.25, 0.3) is 0 Å². The van der Waals surface area contributed by atoms with Crippen molar-refractivity contribution >= 4 is 27.9 Å². The van der Waals surface area contributed by atoms with Crippen molar-refractivity contribution in [3.63, 3.8) is 0 Å². The molecule has 0 saturated heterocycles. The first-order valence-electron chi connectivity index (χ1n) is 7.10. The van der Waals surface area contributed by atoms with E-state index in [4.69, 9.17) is 5.73 Å². The van der Waals surface area contributed by atoms with Gasteiger partial charge in [-0.3, -0.25) is 4.79 Å². The molecule has 122 valence electrons. The summed E-state index contributed by atoms with van der Waals surface area (Å²) in [6.07, 6.45) is 3.07. The van der Waals surface area contributed by atoms with Gasteiger partial charge in [-0.15, -0.1) is 0 Å². The fourth-order valence-corrected chi connectivity index (χ4v) is 3.60. The van der Waals surface area contributed by atoms with Gasteiger partial charge in [-0.05, 0) is 29.2 Å². The number of allylic oxidation sites excluding steroid dienone is 2. The highest BCUT2D eigenvalue weighted by atomic mass is 79.9. The quantitative estimate of drug-likeness (QED) is 0.682. The van der Waals surface area contributed by atoms with Crippen molar-refractivity contribution in [2.45, 2.75) is 30.6 Å². The lowest BCUT2D eigenvalue weighted by molar-refractivity contribution is -0.142. The van der Waals surface area contributed by atoms with Gasteiger partial charge in [0, 0.05) is 23.9 Å². The molecule has 0 amide bonds. The summed E-state index contributed by atoms with van der Waals surface area (Å²) in [6, 6.07) is 5.34. The Hall–Kier alpha value is -1.92. The molecule has 0 spiro atoms. The maximum Gasteiger partial charge on any atom is 0.331 e. The summed E-state index contributed by atoms with van der Waals surface area (Å²) < 4.78 is 0. The van der Waals surface area contributed by atoms with Crippen LogP contribution in [0, 0.1) is 0 Å². The minimum absolute atomic E-state index is 0.0893. The first-order chi connectivity index (χ1) is 10.9. The Morgan fingerprint density at radius 1 is 1.35 bits per heavy atom. The first kappa shape index (κ1) is 17.4. The van der Waals surface area contributed by atoms with Gasteiger partial charge < -0.3 is 15.9 Å². The smallest absolute Gasteiger partial charge is 0.331 e. The van der Waals surface area contributed by atoms with E-state index in [1.165, 1.54) is 0 Å². The van der Waals surface area contributed by atoms with Crippen molar-refractivity contribution in [1.29, 1.82) is 0 Å². The van der Waals surface area contributed by atoms with Gasteiger partial charge in [0.05, 0.1) is 0 Å². The molecule has 0 aliphatic heterocycles. The third-order valence-corrected chi connectivity index (χ3v) is 4.86. The molecule has 1 aliphatic carbocycles. The Labute approximate surface area is 142 Å². The summed E-state index contributed by atoms with van der Waals surface area (Å²) in [4.78, 5) is 23.6. The summed E-state index contributed by atoms with van der Waals surface area (Å²) in [5, 5.41) is 19.7. The number of rotatable bonds is 5. The Bertz CT molecular complexity index is 723. The number of halogens is 1. The van der Waals surface area contributed by atoms with E-state index in [9.17, 15) is 19.8 Å². The van der Waals surface area contributed by atoms with Gasteiger partial charge in [-0.2, -0.15) is 0 Å². The Morgan fingerprint density at radius 3 is 2.57 bits per heavy atom. The number of nitrogens with two attached hydrogens (primary N) is 1. The Kier molecular flexibility index (Phi) is 5.06. The third kappa shape index (κ3) is 2.96. The second-order valence-electron chi connectivity index (χ2n) is 5.53. The zero-order valence-electron chi connectivity index (χ0n) is 12.7. The topological polar surface area (TPSA) is 101 Å². The molecule has 1 aliphatic rings. The van der Waals surface area contributed by atoms with Crippen LogP contribution >= 0.6 is 15.9 Å². The Balaban J connectivity index is 2.69. The van der Waals surface area contributed by atoms with Crippen LogP contribution < -0.4 is 5.73 Å². The predicted molar refractivity (Wildman–Crippen MR) is 90.4 cm³/mol. The lowest BCUT2D eigenvalue weighted by Crippen LogP contribution is -2.38. The molecule has 2 rings (SSSR count). The van der Waals surface area contributed by atoms with Gasteiger partial charge in [-0.1, -0.05) is 46.3 Å². The van der Waals surface area contributed by atoms with Crippen molar-refractivity contribution in [2.24, 2.45) is 5.73 Å². The van der Waals surface area contributed by atoms with Crippen molar-refractivity contribution in [3.05, 3.63) is 58.2 Å². The molecule has 1 aromatic carbocycles. The average molecular weight is 380 g/mol.